The molecule has 0 bridgehead atoms. The molecule has 0 aliphatic carbocycles. The van der Waals surface area contributed by atoms with Crippen molar-refractivity contribution in [3.8, 4) is 0 Å². The Labute approximate surface area is 110 Å². The third-order valence-electron chi connectivity index (χ3n) is 0. The first kappa shape index (κ1) is 43.7. The lowest BCUT2D eigenvalue weighted by Crippen LogP contribution is -1.78. The predicted molar refractivity (Wildman–Crippen MR) is 66.9 cm³/mol. The Kier molecular flexibility index (Phi) is 82.9. The number of hydrogen-bond acceptors (Lipinski definition) is 6. The highest BCUT2D eigenvalue weighted by atomic mass is 16.4. The molecule has 0 atom stereocenters. The van der Waals surface area contributed by atoms with Gasteiger partial charge < -0.3 is 38.2 Å². The van der Waals surface area contributed by atoms with Gasteiger partial charge in [0.25, 0.3) is 23.9 Å². The number of carboxylic acid groups (broad SMARTS) is 4. The van der Waals surface area contributed by atoms with Gasteiger partial charge in [0.2, 0.25) is 0 Å². The molecule has 0 aromatic heterocycles. The van der Waals surface area contributed by atoms with Crippen molar-refractivity contribution >= 4 is 23.9 Å². The van der Waals surface area contributed by atoms with E-state index in [0.717, 1.165) is 27.7 Å². The molecular weight excluding hydrogens is 268 g/mol. The SMILES string of the molecule is CC(=O)O.CC(=O)O.CC(=O)O.CC(=O)O.N.N.O. The highest BCUT2D eigenvalue weighted by Gasteiger charge is 1.66. The van der Waals surface area contributed by atoms with Crippen molar-refractivity contribution < 1.29 is 45.1 Å². The molecule has 0 saturated carbocycles. The molecule has 0 aliphatic heterocycles. The minimum absolute atomic E-state index is 0. The van der Waals surface area contributed by atoms with Crippen LogP contribution in [0.5, 0.6) is 0 Å². The highest BCUT2D eigenvalue weighted by Crippen LogP contribution is 1.43. The topological polar surface area (TPSA) is 251 Å². The van der Waals surface area contributed by atoms with Crippen LogP contribution in [0.15, 0.2) is 0 Å². The standard InChI is InChI=1S/4C2H4O2.2H3N.H2O/c4*1-2(3)4;;;/h4*1H3,(H,3,4);2*1H3;1H2. The lowest BCUT2D eigenvalue weighted by molar-refractivity contribution is -0.135. The molecule has 0 radical (unpaired) electrons. The number of aliphatic carboxylic acids is 4. The van der Waals surface area contributed by atoms with Crippen molar-refractivity contribution in [1.29, 1.82) is 0 Å². The molecule has 0 rings (SSSR count). The first-order chi connectivity index (χ1) is 6.93. The average Bonchev–Trinajstić information content (AvgIpc) is 1.76. The summed E-state index contributed by atoms with van der Waals surface area (Å²) < 4.78 is 0. The van der Waals surface area contributed by atoms with Gasteiger partial charge in [-0.2, -0.15) is 0 Å². The molecular formula is C8H24N2O9. The van der Waals surface area contributed by atoms with Crippen molar-refractivity contribution in [2.45, 2.75) is 27.7 Å². The number of rotatable bonds is 0. The molecule has 0 saturated heterocycles. The number of carboxylic acids is 4. The van der Waals surface area contributed by atoms with Crippen molar-refractivity contribution in [2.75, 3.05) is 0 Å². The van der Waals surface area contributed by atoms with Gasteiger partial charge in [0.1, 0.15) is 0 Å². The summed E-state index contributed by atoms with van der Waals surface area (Å²) in [6.07, 6.45) is 0. The van der Waals surface area contributed by atoms with E-state index in [-0.39, 0.29) is 17.8 Å². The van der Waals surface area contributed by atoms with E-state index in [9.17, 15) is 0 Å². The smallest absolute Gasteiger partial charge is 0.300 e. The second kappa shape index (κ2) is 36.0. The van der Waals surface area contributed by atoms with Gasteiger partial charge in [-0.3, -0.25) is 19.2 Å². The third-order valence-corrected chi connectivity index (χ3v) is 0. The summed E-state index contributed by atoms with van der Waals surface area (Å²) in [5.74, 6) is -3.33. The van der Waals surface area contributed by atoms with Gasteiger partial charge in [0.15, 0.2) is 0 Å². The van der Waals surface area contributed by atoms with Gasteiger partial charge in [0, 0.05) is 27.7 Å². The molecule has 0 aromatic carbocycles. The van der Waals surface area contributed by atoms with Crippen LogP contribution in [0.3, 0.4) is 0 Å². The summed E-state index contributed by atoms with van der Waals surface area (Å²) in [6.45, 7) is 4.33. The molecule has 12 N–H and O–H groups in total. The zero-order valence-electron chi connectivity index (χ0n) is 11.3. The van der Waals surface area contributed by atoms with E-state index in [1.54, 1.807) is 0 Å². The quantitative estimate of drug-likeness (QED) is 0.344. The largest absolute Gasteiger partial charge is 0.481 e. The van der Waals surface area contributed by atoms with Crippen LogP contribution in [-0.2, 0) is 19.2 Å². The van der Waals surface area contributed by atoms with Crippen LogP contribution in [0, 0.1) is 0 Å². The van der Waals surface area contributed by atoms with E-state index in [2.05, 4.69) is 0 Å². The van der Waals surface area contributed by atoms with Crippen LogP contribution in [-0.4, -0.2) is 49.8 Å². The lowest BCUT2D eigenvalue weighted by atomic mass is 10.9. The zero-order chi connectivity index (χ0) is 14.3. The Hall–Kier alpha value is -2.24. The van der Waals surface area contributed by atoms with Crippen LogP contribution in [0.1, 0.15) is 27.7 Å². The molecule has 0 fully saturated rings. The normalized spacial score (nSPS) is 5.26. The fourth-order valence-electron chi connectivity index (χ4n) is 0. The Morgan fingerprint density at radius 2 is 0.526 bits per heavy atom. The number of hydrogen-bond donors (Lipinski definition) is 6. The fraction of sp³-hybridized carbons (Fsp3) is 0.500. The van der Waals surface area contributed by atoms with E-state index in [0.29, 0.717) is 0 Å². The van der Waals surface area contributed by atoms with E-state index in [1.165, 1.54) is 0 Å². The molecule has 0 unspecified atom stereocenters. The van der Waals surface area contributed by atoms with E-state index >= 15 is 0 Å². The lowest BCUT2D eigenvalue weighted by Gasteiger charge is -1.59. The van der Waals surface area contributed by atoms with Crippen molar-refractivity contribution in [3.05, 3.63) is 0 Å². The van der Waals surface area contributed by atoms with Gasteiger partial charge in [-0.15, -0.1) is 0 Å². The Morgan fingerprint density at radius 3 is 0.526 bits per heavy atom. The van der Waals surface area contributed by atoms with E-state index in [1.807, 2.05) is 0 Å². The first-order valence-electron chi connectivity index (χ1n) is 3.71. The Bertz CT molecular complexity index is 166. The van der Waals surface area contributed by atoms with Crippen LogP contribution in [0.25, 0.3) is 0 Å². The summed E-state index contributed by atoms with van der Waals surface area (Å²) in [5, 5.41) is 29.7. The highest BCUT2D eigenvalue weighted by molar-refractivity contribution is 5.63. The van der Waals surface area contributed by atoms with Crippen molar-refractivity contribution in [3.63, 3.8) is 0 Å². The fourth-order valence-corrected chi connectivity index (χ4v) is 0. The second-order valence-corrected chi connectivity index (χ2v) is 2.08. The maximum absolute atomic E-state index is 9.00. The second-order valence-electron chi connectivity index (χ2n) is 2.08. The van der Waals surface area contributed by atoms with Crippen LogP contribution in [0.4, 0.5) is 0 Å². The molecule has 19 heavy (non-hydrogen) atoms. The summed E-state index contributed by atoms with van der Waals surface area (Å²) in [6, 6.07) is 0. The molecule has 11 heteroatoms. The van der Waals surface area contributed by atoms with Gasteiger partial charge in [0.05, 0.1) is 0 Å². The molecule has 0 spiro atoms. The average molecular weight is 292 g/mol. The summed E-state index contributed by atoms with van der Waals surface area (Å²) in [4.78, 5) is 36.0. The van der Waals surface area contributed by atoms with Crippen LogP contribution < -0.4 is 12.3 Å². The summed E-state index contributed by atoms with van der Waals surface area (Å²) in [5.41, 5.74) is 0. The zero-order valence-corrected chi connectivity index (χ0v) is 11.3. The summed E-state index contributed by atoms with van der Waals surface area (Å²) >= 11 is 0. The summed E-state index contributed by atoms with van der Waals surface area (Å²) in [7, 11) is 0. The molecule has 0 heterocycles. The van der Waals surface area contributed by atoms with Crippen LogP contribution in [0.2, 0.25) is 0 Å². The van der Waals surface area contributed by atoms with E-state index < -0.39 is 23.9 Å². The minimum atomic E-state index is -0.833. The molecule has 120 valence electrons. The predicted octanol–water partition coefficient (Wildman–Crippen LogP) is -0.137. The van der Waals surface area contributed by atoms with Crippen molar-refractivity contribution in [2.24, 2.45) is 0 Å². The van der Waals surface area contributed by atoms with Crippen molar-refractivity contribution in [1.82, 2.24) is 12.3 Å². The minimum Gasteiger partial charge on any atom is -0.481 e. The first-order valence-corrected chi connectivity index (χ1v) is 3.71. The maximum atomic E-state index is 9.00. The van der Waals surface area contributed by atoms with Gasteiger partial charge in [-0.25, -0.2) is 0 Å². The van der Waals surface area contributed by atoms with E-state index in [4.69, 9.17) is 39.6 Å². The number of carbonyl (C=O) groups is 4. The monoisotopic (exact) mass is 292 g/mol. The van der Waals surface area contributed by atoms with Gasteiger partial charge in [-0.05, 0) is 0 Å². The van der Waals surface area contributed by atoms with Crippen LogP contribution >= 0.6 is 0 Å². The molecule has 0 amide bonds. The third kappa shape index (κ3) is 595. The Balaban J connectivity index is -0.0000000192. The van der Waals surface area contributed by atoms with Gasteiger partial charge in [-0.1, -0.05) is 0 Å². The Morgan fingerprint density at radius 1 is 0.526 bits per heavy atom. The molecule has 0 aromatic rings. The molecule has 0 aliphatic rings. The van der Waals surface area contributed by atoms with Gasteiger partial charge >= 0.3 is 0 Å². The molecule has 11 nitrogen and oxygen atoms in total. The maximum Gasteiger partial charge on any atom is 0.300 e.